The second kappa shape index (κ2) is 12.0. The minimum atomic E-state index is -4.59. The number of nitrogens with zero attached hydrogens (tertiary/aromatic N) is 5. The van der Waals surface area contributed by atoms with E-state index in [0.29, 0.717) is 34.1 Å². The molecule has 0 bridgehead atoms. The fourth-order valence-corrected chi connectivity index (χ4v) is 5.13. The third-order valence-electron chi connectivity index (χ3n) is 7.55. The molecule has 0 atom stereocenters. The second-order valence-corrected chi connectivity index (χ2v) is 10.9. The Morgan fingerprint density at radius 1 is 0.848 bits per heavy atom. The molecule has 3 heterocycles. The Morgan fingerprint density at radius 3 is 2.30 bits per heavy atom. The van der Waals surface area contributed by atoms with Gasteiger partial charge in [0.1, 0.15) is 0 Å². The summed E-state index contributed by atoms with van der Waals surface area (Å²) < 4.78 is 40.4. The maximum absolute atomic E-state index is 14.2. The number of nitrogens with one attached hydrogen (secondary N) is 2. The molecular formula is C34H28F3N7O2. The first-order chi connectivity index (χ1) is 22.0. The Kier molecular flexibility index (Phi) is 7.86. The molecule has 5 aromatic rings. The van der Waals surface area contributed by atoms with Gasteiger partial charge in [-0.3, -0.25) is 14.7 Å². The molecule has 2 N–H and O–H groups in total. The summed E-state index contributed by atoms with van der Waals surface area (Å²) in [6.45, 7) is 5.18. The number of alkyl halides is 3. The van der Waals surface area contributed by atoms with Crippen molar-refractivity contribution < 1.29 is 22.8 Å². The zero-order chi connectivity index (χ0) is 32.6. The van der Waals surface area contributed by atoms with Crippen LogP contribution in [0.2, 0.25) is 0 Å². The monoisotopic (exact) mass is 623 g/mol. The van der Waals surface area contributed by atoms with E-state index in [0.717, 1.165) is 17.3 Å². The van der Waals surface area contributed by atoms with Crippen LogP contribution < -0.4 is 20.4 Å². The molecule has 232 valence electrons. The minimum absolute atomic E-state index is 0.0209. The number of anilines is 6. The molecule has 0 spiro atoms. The highest BCUT2D eigenvalue weighted by Crippen LogP contribution is 2.38. The van der Waals surface area contributed by atoms with Gasteiger partial charge in [-0.2, -0.15) is 18.2 Å². The normalized spacial score (nSPS) is 13.0. The SMILES string of the molecule is Cc1ccc(Nc2ncc3c(n2)N(c2ccccc2)C(=O)N(c2cc(NC(=O)c4ccc(C)c(C(F)(F)F)c4)ccc2C)C3)cn1. The summed E-state index contributed by atoms with van der Waals surface area (Å²) in [5, 5.41) is 5.81. The van der Waals surface area contributed by atoms with Crippen LogP contribution in [-0.2, 0) is 12.7 Å². The predicted molar refractivity (Wildman–Crippen MR) is 170 cm³/mol. The van der Waals surface area contributed by atoms with Crippen molar-refractivity contribution >= 4 is 46.5 Å². The number of aromatic nitrogens is 3. The van der Waals surface area contributed by atoms with Gasteiger partial charge in [-0.15, -0.1) is 0 Å². The quantitative estimate of drug-likeness (QED) is 0.198. The summed E-state index contributed by atoms with van der Waals surface area (Å²) >= 11 is 0. The molecule has 2 aromatic heterocycles. The molecule has 6 rings (SSSR count). The van der Waals surface area contributed by atoms with Crippen molar-refractivity contribution in [2.75, 3.05) is 20.4 Å². The number of fused-ring (bicyclic) bond motifs is 1. The number of halogens is 3. The van der Waals surface area contributed by atoms with Crippen molar-refractivity contribution in [2.24, 2.45) is 0 Å². The maximum Gasteiger partial charge on any atom is 0.416 e. The van der Waals surface area contributed by atoms with E-state index in [1.807, 2.05) is 44.2 Å². The van der Waals surface area contributed by atoms with Gasteiger partial charge in [0.05, 0.1) is 35.4 Å². The zero-order valence-electron chi connectivity index (χ0n) is 25.1. The number of amides is 3. The van der Waals surface area contributed by atoms with E-state index >= 15 is 0 Å². The topological polar surface area (TPSA) is 103 Å². The lowest BCUT2D eigenvalue weighted by molar-refractivity contribution is -0.138. The Labute approximate surface area is 262 Å². The summed E-state index contributed by atoms with van der Waals surface area (Å²) in [4.78, 5) is 43.8. The van der Waals surface area contributed by atoms with Gasteiger partial charge >= 0.3 is 12.2 Å². The van der Waals surface area contributed by atoms with Gasteiger partial charge in [-0.1, -0.05) is 30.3 Å². The molecule has 1 aliphatic rings. The van der Waals surface area contributed by atoms with Crippen LogP contribution in [0.3, 0.4) is 0 Å². The average molecular weight is 624 g/mol. The van der Waals surface area contributed by atoms with Gasteiger partial charge in [0.2, 0.25) is 5.95 Å². The smallest absolute Gasteiger partial charge is 0.323 e. The van der Waals surface area contributed by atoms with Gasteiger partial charge < -0.3 is 10.6 Å². The van der Waals surface area contributed by atoms with Crippen molar-refractivity contribution in [2.45, 2.75) is 33.5 Å². The van der Waals surface area contributed by atoms with Crippen LogP contribution in [-0.4, -0.2) is 26.9 Å². The summed E-state index contributed by atoms with van der Waals surface area (Å²) in [7, 11) is 0. The summed E-state index contributed by atoms with van der Waals surface area (Å²) in [6, 6.07) is 20.8. The van der Waals surface area contributed by atoms with Gasteiger partial charge in [0.15, 0.2) is 5.82 Å². The molecule has 3 aromatic carbocycles. The lowest BCUT2D eigenvalue weighted by atomic mass is 10.0. The van der Waals surface area contributed by atoms with E-state index in [1.165, 1.54) is 24.0 Å². The van der Waals surface area contributed by atoms with Gasteiger partial charge in [-0.25, -0.2) is 14.7 Å². The second-order valence-electron chi connectivity index (χ2n) is 10.9. The number of pyridine rings is 1. The Morgan fingerprint density at radius 2 is 1.59 bits per heavy atom. The number of carbonyl (C=O) groups is 2. The molecule has 9 nitrogen and oxygen atoms in total. The van der Waals surface area contributed by atoms with Crippen molar-refractivity contribution in [3.63, 3.8) is 0 Å². The molecule has 0 aliphatic carbocycles. The van der Waals surface area contributed by atoms with Gasteiger partial charge in [0, 0.05) is 28.7 Å². The first-order valence-corrected chi connectivity index (χ1v) is 14.3. The van der Waals surface area contributed by atoms with Gasteiger partial charge in [-0.05, 0) is 80.4 Å². The number of aryl methyl sites for hydroxylation is 3. The Hall–Kier alpha value is -5.78. The Balaban J connectivity index is 1.33. The molecule has 1 aliphatic heterocycles. The highest BCUT2D eigenvalue weighted by molar-refractivity contribution is 6.11. The lowest BCUT2D eigenvalue weighted by Gasteiger charge is -2.36. The van der Waals surface area contributed by atoms with E-state index in [9.17, 15) is 22.8 Å². The van der Waals surface area contributed by atoms with E-state index in [1.54, 1.807) is 47.6 Å². The van der Waals surface area contributed by atoms with Crippen LogP contribution in [0, 0.1) is 20.8 Å². The molecule has 3 amide bonds. The van der Waals surface area contributed by atoms with E-state index in [4.69, 9.17) is 4.98 Å². The number of carbonyl (C=O) groups excluding carboxylic acids is 2. The molecule has 12 heteroatoms. The number of benzene rings is 3. The van der Waals surface area contributed by atoms with Crippen molar-refractivity contribution in [1.82, 2.24) is 15.0 Å². The van der Waals surface area contributed by atoms with Crippen LogP contribution >= 0.6 is 0 Å². The number of hydrogen-bond acceptors (Lipinski definition) is 6. The molecular weight excluding hydrogens is 595 g/mol. The van der Waals surface area contributed by atoms with Crippen molar-refractivity contribution in [1.29, 1.82) is 0 Å². The fourth-order valence-electron chi connectivity index (χ4n) is 5.13. The number of rotatable bonds is 6. The summed E-state index contributed by atoms with van der Waals surface area (Å²) in [5.74, 6) is -0.0111. The summed E-state index contributed by atoms with van der Waals surface area (Å²) in [6.07, 6.45) is -1.27. The summed E-state index contributed by atoms with van der Waals surface area (Å²) in [5.41, 5.74) is 3.37. The number of para-hydroxylation sites is 1. The first-order valence-electron chi connectivity index (χ1n) is 14.3. The number of urea groups is 1. The number of hydrogen-bond donors (Lipinski definition) is 2. The molecule has 46 heavy (non-hydrogen) atoms. The van der Waals surface area contributed by atoms with E-state index < -0.39 is 17.6 Å². The fraction of sp³-hybridized carbons (Fsp3) is 0.147. The molecule has 0 unspecified atom stereocenters. The van der Waals surface area contributed by atoms with Gasteiger partial charge in [0.25, 0.3) is 5.91 Å². The third kappa shape index (κ3) is 6.09. The molecule has 0 fully saturated rings. The van der Waals surface area contributed by atoms with Crippen LogP contribution in [0.1, 0.15) is 38.3 Å². The van der Waals surface area contributed by atoms with Crippen LogP contribution in [0.25, 0.3) is 0 Å². The molecule has 0 radical (unpaired) electrons. The Bertz CT molecular complexity index is 1950. The lowest BCUT2D eigenvalue weighted by Crippen LogP contribution is -2.45. The van der Waals surface area contributed by atoms with Crippen molar-refractivity contribution in [3.05, 3.63) is 125 Å². The van der Waals surface area contributed by atoms with Crippen LogP contribution in [0.4, 0.5) is 52.5 Å². The highest BCUT2D eigenvalue weighted by atomic mass is 19.4. The zero-order valence-corrected chi connectivity index (χ0v) is 25.1. The predicted octanol–water partition coefficient (Wildman–Crippen LogP) is 8.09. The van der Waals surface area contributed by atoms with Crippen LogP contribution in [0.5, 0.6) is 0 Å². The largest absolute Gasteiger partial charge is 0.416 e. The molecule has 0 saturated heterocycles. The first kappa shape index (κ1) is 30.3. The van der Waals surface area contributed by atoms with E-state index in [2.05, 4.69) is 20.6 Å². The minimum Gasteiger partial charge on any atom is -0.323 e. The van der Waals surface area contributed by atoms with E-state index in [-0.39, 0.29) is 29.7 Å². The maximum atomic E-state index is 14.2. The van der Waals surface area contributed by atoms with Crippen LogP contribution in [0.15, 0.2) is 91.3 Å². The molecule has 0 saturated carbocycles. The average Bonchev–Trinajstić information content (AvgIpc) is 3.03. The third-order valence-corrected chi connectivity index (χ3v) is 7.55. The van der Waals surface area contributed by atoms with Crippen molar-refractivity contribution in [3.8, 4) is 0 Å². The standard InChI is InChI=1S/C34H28F3N7O2/c1-20-9-12-23(15-28(20)34(35,36)37)31(45)40-25-13-10-21(2)29(16-25)43-19-24-17-39-32(41-26-14-11-22(3)38-18-26)42-30(24)44(33(43)46)27-7-5-4-6-8-27/h4-18H,19H2,1-3H3,(H,40,45)(H,39,41,42). The highest BCUT2D eigenvalue weighted by Gasteiger charge is 2.35.